The van der Waals surface area contributed by atoms with Crippen molar-refractivity contribution in [1.29, 1.82) is 0 Å². The van der Waals surface area contributed by atoms with Crippen LogP contribution in [0.2, 0.25) is 0 Å². The van der Waals surface area contributed by atoms with Gasteiger partial charge in [0.15, 0.2) is 11.5 Å². The highest BCUT2D eigenvalue weighted by Crippen LogP contribution is 2.09. The molecule has 4 aromatic rings. The van der Waals surface area contributed by atoms with Gasteiger partial charge in [0.05, 0.1) is 6.33 Å². The first-order valence-electron chi connectivity index (χ1n) is 6.91. The van der Waals surface area contributed by atoms with Crippen molar-refractivity contribution in [3.05, 3.63) is 78.9 Å². The number of hydrogen-bond donors (Lipinski definition) is 6. The van der Waals surface area contributed by atoms with E-state index in [1.165, 1.54) is 37.2 Å². The van der Waals surface area contributed by atoms with Gasteiger partial charge >= 0.3 is 11.4 Å². The van der Waals surface area contributed by atoms with E-state index in [0.717, 1.165) is 0 Å². The van der Waals surface area contributed by atoms with Gasteiger partial charge in [-0.25, -0.2) is 24.5 Å². The van der Waals surface area contributed by atoms with E-state index >= 15 is 0 Å². The van der Waals surface area contributed by atoms with Crippen LogP contribution < -0.4 is 28.2 Å². The largest absolute Gasteiger partial charge is 0.382 e. The Morgan fingerprint density at radius 1 is 0.769 bits per heavy atom. The average Bonchev–Trinajstić information content (AvgIpc) is 3.06. The summed E-state index contributed by atoms with van der Waals surface area (Å²) in [5.74, 6) is 0.433. The topological polar surface area (TPSA) is 212 Å². The Balaban J connectivity index is 0.000000142. The summed E-state index contributed by atoms with van der Waals surface area (Å²) in [6.45, 7) is 0. The van der Waals surface area contributed by atoms with E-state index in [9.17, 15) is 19.2 Å². The van der Waals surface area contributed by atoms with E-state index in [1.807, 2.05) is 9.97 Å². The molecule has 0 aromatic carbocycles. The van der Waals surface area contributed by atoms with E-state index < -0.39 is 11.4 Å². The molecular weight excluding hydrogens is 346 g/mol. The first-order valence-corrected chi connectivity index (χ1v) is 6.91. The number of anilines is 1. The fraction of sp³-hybridized carbons (Fsp3) is 0. The summed E-state index contributed by atoms with van der Waals surface area (Å²) in [7, 11) is 0. The Hall–Kier alpha value is -4.29. The molecule has 0 radical (unpaired) electrons. The van der Waals surface area contributed by atoms with E-state index in [-0.39, 0.29) is 11.1 Å². The molecule has 0 aliphatic heterocycles. The predicted molar refractivity (Wildman–Crippen MR) is 91.5 cm³/mol. The second-order valence-electron chi connectivity index (χ2n) is 4.45. The molecule has 0 spiro atoms. The number of nitrogens with zero attached hydrogens (tertiary/aromatic N) is 3. The SMILES string of the molecule is Nc1ncnc2nc[nH]c12.O=c1cc[nH]c(=O)[nH]1.O=c1cc[nH]c(=O)[nH]1. The highest BCUT2D eigenvalue weighted by molar-refractivity contribution is 5.80. The first kappa shape index (κ1) is 18.1. The van der Waals surface area contributed by atoms with Crippen molar-refractivity contribution in [3.8, 4) is 0 Å². The van der Waals surface area contributed by atoms with E-state index in [2.05, 4.69) is 29.9 Å². The summed E-state index contributed by atoms with van der Waals surface area (Å²) in [4.78, 5) is 63.7. The van der Waals surface area contributed by atoms with Crippen molar-refractivity contribution in [3.63, 3.8) is 0 Å². The lowest BCUT2D eigenvalue weighted by Gasteiger charge is -1.89. The number of fused-ring (bicyclic) bond motifs is 1. The molecule has 0 amide bonds. The smallest absolute Gasteiger partial charge is 0.325 e. The molecule has 7 N–H and O–H groups in total. The molecule has 0 saturated heterocycles. The molecule has 4 heterocycles. The van der Waals surface area contributed by atoms with Gasteiger partial charge in [0.1, 0.15) is 11.8 Å². The molecule has 0 fully saturated rings. The van der Waals surface area contributed by atoms with Gasteiger partial charge in [-0.05, 0) is 0 Å². The molecule has 134 valence electrons. The maximum atomic E-state index is 10.2. The van der Waals surface area contributed by atoms with E-state index in [1.54, 1.807) is 0 Å². The van der Waals surface area contributed by atoms with Crippen molar-refractivity contribution < 1.29 is 0 Å². The fourth-order valence-corrected chi connectivity index (χ4v) is 1.55. The van der Waals surface area contributed by atoms with Crippen molar-refractivity contribution >= 4 is 17.0 Å². The Morgan fingerprint density at radius 3 is 1.77 bits per heavy atom. The third kappa shape index (κ3) is 5.41. The molecule has 13 nitrogen and oxygen atoms in total. The molecular formula is C13H13N9O4. The Bertz CT molecular complexity index is 1090. The van der Waals surface area contributed by atoms with Crippen molar-refractivity contribution in [2.45, 2.75) is 0 Å². The van der Waals surface area contributed by atoms with Gasteiger partial charge in [0.25, 0.3) is 11.1 Å². The highest BCUT2D eigenvalue weighted by Gasteiger charge is 1.99. The molecule has 0 aliphatic carbocycles. The zero-order valence-electron chi connectivity index (χ0n) is 13.0. The summed E-state index contributed by atoms with van der Waals surface area (Å²) in [5, 5.41) is 0. The summed E-state index contributed by atoms with van der Waals surface area (Å²) in [6.07, 6.45) is 5.51. The van der Waals surface area contributed by atoms with Gasteiger partial charge in [-0.3, -0.25) is 19.6 Å². The second kappa shape index (κ2) is 8.53. The lowest BCUT2D eigenvalue weighted by Crippen LogP contribution is -2.19. The van der Waals surface area contributed by atoms with Gasteiger partial charge in [-0.15, -0.1) is 0 Å². The zero-order chi connectivity index (χ0) is 18.9. The first-order chi connectivity index (χ1) is 12.5. The number of nitrogens with one attached hydrogen (secondary N) is 5. The number of rotatable bonds is 0. The molecule has 0 unspecified atom stereocenters. The highest BCUT2D eigenvalue weighted by atomic mass is 16.2. The van der Waals surface area contributed by atoms with Crippen LogP contribution in [0.1, 0.15) is 0 Å². The Morgan fingerprint density at radius 2 is 1.35 bits per heavy atom. The number of hydrogen-bond acceptors (Lipinski definition) is 8. The molecule has 13 heteroatoms. The molecule has 26 heavy (non-hydrogen) atoms. The zero-order valence-corrected chi connectivity index (χ0v) is 13.0. The van der Waals surface area contributed by atoms with Crippen LogP contribution in [0.5, 0.6) is 0 Å². The van der Waals surface area contributed by atoms with Gasteiger partial charge in [0, 0.05) is 24.5 Å². The lowest BCUT2D eigenvalue weighted by molar-refractivity contribution is 1.04. The van der Waals surface area contributed by atoms with Crippen LogP contribution >= 0.6 is 0 Å². The Labute approximate surface area is 142 Å². The molecule has 4 aromatic heterocycles. The van der Waals surface area contributed by atoms with Crippen molar-refractivity contribution in [1.82, 2.24) is 39.9 Å². The third-order valence-electron chi connectivity index (χ3n) is 2.62. The fourth-order valence-electron chi connectivity index (χ4n) is 1.55. The Kier molecular flexibility index (Phi) is 5.92. The van der Waals surface area contributed by atoms with Crippen LogP contribution in [-0.4, -0.2) is 39.9 Å². The van der Waals surface area contributed by atoms with E-state index in [4.69, 9.17) is 5.73 Å². The molecule has 0 bridgehead atoms. The standard InChI is InChI=1S/C5H5N5.2C4H4N2O2/c6-4-3-5(9-1-7-3)10-2-8-4;2*7-3-1-2-5-4(8)6-3/h1-2H,(H3,6,7,8,9,10);2*1-2H,(H2,5,6,7,8). The van der Waals surface area contributed by atoms with Crippen LogP contribution in [0.25, 0.3) is 11.2 Å². The molecule has 4 rings (SSSR count). The van der Waals surface area contributed by atoms with E-state index in [0.29, 0.717) is 17.0 Å². The normalized spacial score (nSPS) is 9.54. The van der Waals surface area contributed by atoms with Crippen molar-refractivity contribution in [2.24, 2.45) is 0 Å². The number of aromatic nitrogens is 8. The number of imidazole rings is 1. The van der Waals surface area contributed by atoms with Gasteiger partial charge in [0.2, 0.25) is 0 Å². The minimum absolute atomic E-state index is 0.381. The van der Waals surface area contributed by atoms with Gasteiger partial charge in [-0.2, -0.15) is 0 Å². The van der Waals surface area contributed by atoms with Crippen molar-refractivity contribution in [2.75, 3.05) is 5.73 Å². The maximum absolute atomic E-state index is 10.2. The monoisotopic (exact) mass is 359 g/mol. The predicted octanol–water partition coefficient (Wildman–Crippen LogP) is -1.94. The summed E-state index contributed by atoms with van der Waals surface area (Å²) >= 11 is 0. The quantitative estimate of drug-likeness (QED) is 0.207. The van der Waals surface area contributed by atoms with Gasteiger partial charge < -0.3 is 20.7 Å². The minimum atomic E-state index is -0.475. The minimum Gasteiger partial charge on any atom is -0.382 e. The second-order valence-corrected chi connectivity index (χ2v) is 4.45. The molecule has 0 saturated carbocycles. The van der Waals surface area contributed by atoms with Gasteiger partial charge in [-0.1, -0.05) is 0 Å². The molecule has 0 aliphatic rings. The average molecular weight is 359 g/mol. The number of H-pyrrole nitrogens is 5. The summed E-state index contributed by atoms with van der Waals surface area (Å²) in [5.41, 5.74) is 5.07. The van der Waals surface area contributed by atoms with Crippen LogP contribution in [0.15, 0.2) is 56.4 Å². The molecule has 0 atom stereocenters. The summed E-state index contributed by atoms with van der Waals surface area (Å²) < 4.78 is 0. The van der Waals surface area contributed by atoms with Crippen LogP contribution in [0, 0.1) is 0 Å². The van der Waals surface area contributed by atoms with Crippen LogP contribution in [-0.2, 0) is 0 Å². The number of nitrogen functional groups attached to an aromatic ring is 1. The third-order valence-corrected chi connectivity index (χ3v) is 2.62. The number of aromatic amines is 5. The lowest BCUT2D eigenvalue weighted by atomic mass is 10.5. The summed E-state index contributed by atoms with van der Waals surface area (Å²) in [6, 6.07) is 2.48. The number of nitrogens with two attached hydrogens (primary N) is 1. The van der Waals surface area contributed by atoms with Crippen LogP contribution in [0.4, 0.5) is 5.82 Å². The van der Waals surface area contributed by atoms with Crippen LogP contribution in [0.3, 0.4) is 0 Å². The maximum Gasteiger partial charge on any atom is 0.325 e.